The van der Waals surface area contributed by atoms with Crippen LogP contribution in [0, 0.1) is 11.9 Å². The van der Waals surface area contributed by atoms with Crippen LogP contribution in [0.2, 0.25) is 0 Å². The number of nitrogens with one attached hydrogen (secondary N) is 1. The summed E-state index contributed by atoms with van der Waals surface area (Å²) in [7, 11) is 1.68. The van der Waals surface area contributed by atoms with Crippen molar-refractivity contribution in [2.45, 2.75) is 76.5 Å². The Morgan fingerprint density at radius 3 is 2.24 bits per heavy atom. The van der Waals surface area contributed by atoms with E-state index in [-0.39, 0.29) is 17.7 Å². The summed E-state index contributed by atoms with van der Waals surface area (Å²) in [6.07, 6.45) is 3.55. The van der Waals surface area contributed by atoms with Crippen LogP contribution < -0.4 is 10.2 Å². The number of nitrogens with zero attached hydrogens (tertiary/aromatic N) is 2. The van der Waals surface area contributed by atoms with Crippen LogP contribution in [0.25, 0.3) is 11.1 Å². The highest BCUT2D eigenvalue weighted by Gasteiger charge is 2.49. The zero-order chi connectivity index (χ0) is 29.9. The normalized spacial score (nSPS) is 19.3. The number of amides is 2. The van der Waals surface area contributed by atoms with Gasteiger partial charge in [0.25, 0.3) is 0 Å². The number of pyridine rings is 1. The summed E-state index contributed by atoms with van der Waals surface area (Å²) in [5.41, 5.74) is 3.33. The Balaban J connectivity index is 1.41. The molecule has 1 aromatic heterocycles. The molecule has 2 atom stereocenters. The molecule has 2 fully saturated rings. The Morgan fingerprint density at radius 1 is 1.00 bits per heavy atom. The third-order valence-corrected chi connectivity index (χ3v) is 8.06. The highest BCUT2D eigenvalue weighted by molar-refractivity contribution is 5.98. The van der Waals surface area contributed by atoms with Crippen molar-refractivity contribution in [1.82, 2.24) is 10.3 Å². The highest BCUT2D eigenvalue weighted by atomic mass is 19.1. The van der Waals surface area contributed by atoms with Gasteiger partial charge in [-0.3, -0.25) is 4.79 Å². The zero-order valence-electron chi connectivity index (χ0n) is 24.9. The van der Waals surface area contributed by atoms with E-state index >= 15 is 0 Å². The predicted molar refractivity (Wildman–Crippen MR) is 161 cm³/mol. The number of carbonyl (C=O) groups is 2. The minimum Gasteiger partial charge on any atom is -0.444 e. The minimum atomic E-state index is -0.629. The molecule has 2 aliphatic carbocycles. The van der Waals surface area contributed by atoms with Crippen molar-refractivity contribution in [3.05, 3.63) is 83.9 Å². The van der Waals surface area contributed by atoms with Crippen LogP contribution in [0.4, 0.5) is 14.9 Å². The van der Waals surface area contributed by atoms with Crippen LogP contribution in [-0.2, 0) is 20.9 Å². The van der Waals surface area contributed by atoms with E-state index in [0.717, 1.165) is 48.1 Å². The lowest BCUT2D eigenvalue weighted by atomic mass is 9.95. The SMILES string of the molecule is COCc1ccc(-c2ccc(N(CC3(NC(=O)OC(C)(C)C)CCCC3)C(=O)[C@@H]3C[C@H]3c3cccc(F)n3)cc2)cc1. The fourth-order valence-electron chi connectivity index (χ4n) is 5.91. The third kappa shape index (κ3) is 7.16. The number of carbonyl (C=O) groups excluding carboxylic acids is 2. The van der Waals surface area contributed by atoms with Gasteiger partial charge in [-0.2, -0.15) is 4.39 Å². The molecule has 1 N–H and O–H groups in total. The predicted octanol–water partition coefficient (Wildman–Crippen LogP) is 7.01. The molecule has 0 radical (unpaired) electrons. The lowest BCUT2D eigenvalue weighted by Gasteiger charge is -2.37. The number of anilines is 1. The number of hydrogen-bond donors (Lipinski definition) is 1. The fourth-order valence-corrected chi connectivity index (χ4v) is 5.91. The van der Waals surface area contributed by atoms with Crippen LogP contribution in [0.5, 0.6) is 0 Å². The number of benzene rings is 2. The van der Waals surface area contributed by atoms with Gasteiger partial charge in [0.05, 0.1) is 12.1 Å². The molecule has 3 aromatic rings. The first-order chi connectivity index (χ1) is 20.1. The molecule has 0 spiro atoms. The Labute approximate surface area is 247 Å². The number of hydrogen-bond acceptors (Lipinski definition) is 5. The molecule has 0 saturated heterocycles. The zero-order valence-corrected chi connectivity index (χ0v) is 24.9. The van der Waals surface area contributed by atoms with E-state index in [0.29, 0.717) is 25.3 Å². The van der Waals surface area contributed by atoms with Gasteiger partial charge in [0, 0.05) is 36.9 Å². The molecule has 2 amide bonds. The van der Waals surface area contributed by atoms with Crippen molar-refractivity contribution in [1.29, 1.82) is 0 Å². The van der Waals surface area contributed by atoms with Gasteiger partial charge in [-0.25, -0.2) is 9.78 Å². The summed E-state index contributed by atoms with van der Waals surface area (Å²) >= 11 is 0. The molecule has 5 rings (SSSR count). The Bertz CT molecular complexity index is 1400. The smallest absolute Gasteiger partial charge is 0.408 e. The van der Waals surface area contributed by atoms with Gasteiger partial charge in [-0.1, -0.05) is 55.3 Å². The Kier molecular flexibility index (Phi) is 8.64. The second kappa shape index (κ2) is 12.2. The van der Waals surface area contributed by atoms with Crippen LogP contribution in [0.15, 0.2) is 66.7 Å². The second-order valence-corrected chi connectivity index (χ2v) is 12.5. The molecule has 42 heavy (non-hydrogen) atoms. The molecule has 0 bridgehead atoms. The lowest BCUT2D eigenvalue weighted by molar-refractivity contribution is -0.120. The van der Waals surface area contributed by atoms with Gasteiger partial charge in [-0.15, -0.1) is 0 Å². The summed E-state index contributed by atoms with van der Waals surface area (Å²) in [6.45, 7) is 6.40. The third-order valence-electron chi connectivity index (χ3n) is 8.06. The molecule has 2 aliphatic rings. The average molecular weight is 574 g/mol. The first-order valence-electron chi connectivity index (χ1n) is 14.7. The number of aromatic nitrogens is 1. The number of ether oxygens (including phenoxy) is 2. The van der Waals surface area contributed by atoms with E-state index in [9.17, 15) is 14.0 Å². The fraction of sp³-hybridized carbons (Fsp3) is 0.441. The first-order valence-corrected chi connectivity index (χ1v) is 14.7. The molecular weight excluding hydrogens is 533 g/mol. The maximum atomic E-state index is 14.1. The maximum absolute atomic E-state index is 14.1. The molecule has 0 aliphatic heterocycles. The minimum absolute atomic E-state index is 0.0417. The summed E-state index contributed by atoms with van der Waals surface area (Å²) in [4.78, 5) is 32.9. The van der Waals surface area contributed by atoms with Crippen molar-refractivity contribution < 1.29 is 23.5 Å². The summed E-state index contributed by atoms with van der Waals surface area (Å²) in [5, 5.41) is 3.14. The molecule has 2 aromatic carbocycles. The van der Waals surface area contributed by atoms with Crippen molar-refractivity contribution in [2.75, 3.05) is 18.6 Å². The first kappa shape index (κ1) is 29.7. The van der Waals surface area contributed by atoms with Gasteiger partial charge < -0.3 is 19.7 Å². The highest BCUT2D eigenvalue weighted by Crippen LogP contribution is 2.48. The van der Waals surface area contributed by atoms with Gasteiger partial charge in [0.1, 0.15) is 5.60 Å². The molecule has 7 nitrogen and oxygen atoms in total. The monoisotopic (exact) mass is 573 g/mol. The van der Waals surface area contributed by atoms with Gasteiger partial charge in [0.2, 0.25) is 11.9 Å². The van der Waals surface area contributed by atoms with Crippen LogP contribution >= 0.6 is 0 Å². The lowest BCUT2D eigenvalue weighted by Crippen LogP contribution is -2.56. The topological polar surface area (TPSA) is 80.8 Å². The van der Waals surface area contributed by atoms with E-state index in [4.69, 9.17) is 9.47 Å². The largest absolute Gasteiger partial charge is 0.444 e. The number of rotatable bonds is 9. The number of alkyl carbamates (subject to hydrolysis) is 1. The van der Waals surface area contributed by atoms with Crippen molar-refractivity contribution >= 4 is 17.7 Å². The van der Waals surface area contributed by atoms with Crippen molar-refractivity contribution in [2.24, 2.45) is 5.92 Å². The molecule has 8 heteroatoms. The molecule has 0 unspecified atom stereocenters. The van der Waals surface area contributed by atoms with Gasteiger partial charge in [0.15, 0.2) is 0 Å². The van der Waals surface area contributed by atoms with Gasteiger partial charge >= 0.3 is 6.09 Å². The molecular formula is C34H40FN3O4. The van der Waals surface area contributed by atoms with E-state index in [1.165, 1.54) is 6.07 Å². The standard InChI is InChI=1S/C34H40FN3O4/c1-33(2,3)42-32(40)37-34(18-5-6-19-34)22-38(31(39)28-20-27(28)29-8-7-9-30(35)36-29)26-16-14-25(15-17-26)24-12-10-23(11-13-24)21-41-4/h7-17,27-28H,5-6,18-22H2,1-4H3,(H,37,40)/t27-,28-/m1/s1. The van der Waals surface area contributed by atoms with Crippen LogP contribution in [0.1, 0.15) is 70.1 Å². The maximum Gasteiger partial charge on any atom is 0.408 e. The van der Waals surface area contributed by atoms with Crippen LogP contribution in [0.3, 0.4) is 0 Å². The van der Waals surface area contributed by atoms with Crippen molar-refractivity contribution in [3.8, 4) is 11.1 Å². The Hall–Kier alpha value is -3.78. The number of halogens is 1. The van der Waals surface area contributed by atoms with E-state index < -0.39 is 23.2 Å². The second-order valence-electron chi connectivity index (χ2n) is 12.5. The van der Waals surface area contributed by atoms with Crippen molar-refractivity contribution in [3.63, 3.8) is 0 Å². The number of methoxy groups -OCH3 is 1. The van der Waals surface area contributed by atoms with E-state index in [1.807, 2.05) is 57.2 Å². The summed E-state index contributed by atoms with van der Waals surface area (Å²) < 4.78 is 24.7. The quantitative estimate of drug-likeness (QED) is 0.279. The molecule has 2 saturated carbocycles. The molecule has 222 valence electrons. The molecule has 1 heterocycles. The van der Waals surface area contributed by atoms with Gasteiger partial charge in [-0.05, 0) is 81.0 Å². The van der Waals surface area contributed by atoms with Crippen LogP contribution in [-0.4, -0.2) is 41.8 Å². The average Bonchev–Trinajstić information content (AvgIpc) is 3.63. The Morgan fingerprint density at radius 2 is 1.64 bits per heavy atom. The summed E-state index contributed by atoms with van der Waals surface area (Å²) in [5.74, 6) is -1.01. The van der Waals surface area contributed by atoms with E-state index in [1.54, 1.807) is 24.1 Å². The summed E-state index contributed by atoms with van der Waals surface area (Å²) in [6, 6.07) is 20.9. The van der Waals surface area contributed by atoms with E-state index in [2.05, 4.69) is 22.4 Å².